The van der Waals surface area contributed by atoms with Crippen LogP contribution in [0.1, 0.15) is 66.3 Å². The first-order valence-corrected chi connectivity index (χ1v) is 7.37. The fourth-order valence-electron chi connectivity index (χ4n) is 3.94. The summed E-state index contributed by atoms with van der Waals surface area (Å²) < 4.78 is 0. The van der Waals surface area contributed by atoms with Crippen molar-refractivity contribution in [1.29, 1.82) is 0 Å². The molecule has 0 aliphatic heterocycles. The third-order valence-electron chi connectivity index (χ3n) is 4.81. The van der Waals surface area contributed by atoms with E-state index < -0.39 is 0 Å². The van der Waals surface area contributed by atoms with Crippen LogP contribution in [0.5, 0.6) is 0 Å². The van der Waals surface area contributed by atoms with Gasteiger partial charge in [0.15, 0.2) is 0 Å². The van der Waals surface area contributed by atoms with Crippen molar-refractivity contribution < 1.29 is 51.0 Å². The Labute approximate surface area is 160 Å². The van der Waals surface area contributed by atoms with Gasteiger partial charge >= 0.3 is 26.2 Å². The number of rotatable bonds is 5. The summed E-state index contributed by atoms with van der Waals surface area (Å²) in [6.45, 7) is 6.97. The normalized spacial score (nSPS) is 17.3. The van der Waals surface area contributed by atoms with Crippen LogP contribution in [-0.2, 0) is 32.6 Å². The van der Waals surface area contributed by atoms with E-state index in [-0.39, 0.29) is 51.0 Å². The van der Waals surface area contributed by atoms with Crippen molar-refractivity contribution in [1.82, 2.24) is 0 Å². The molecule has 0 aromatic heterocycles. The molecule has 0 saturated heterocycles. The van der Waals surface area contributed by atoms with Crippen LogP contribution in [0.15, 0.2) is 23.8 Å². The van der Waals surface area contributed by atoms with Crippen molar-refractivity contribution in [2.75, 3.05) is 0 Å². The van der Waals surface area contributed by atoms with Crippen molar-refractivity contribution >= 4 is 0 Å². The largest absolute Gasteiger partial charge is 3.00 e. The Hall–Kier alpha value is 0.293. The molecule has 1 aromatic carbocycles. The summed E-state index contributed by atoms with van der Waals surface area (Å²) in [6.07, 6.45) is 13.1. The van der Waals surface area contributed by atoms with Gasteiger partial charge in [-0.05, 0) is 19.3 Å². The molecule has 3 aliphatic carbocycles. The fraction of sp³-hybridized carbons (Fsp3) is 0.500. The van der Waals surface area contributed by atoms with Crippen LogP contribution < -0.4 is 24.8 Å². The molecule has 1 unspecified atom stereocenters. The first-order chi connectivity index (χ1) is 8.74. The first-order valence-electron chi connectivity index (χ1n) is 7.37. The molecule has 0 N–H and O–H groups in total. The summed E-state index contributed by atoms with van der Waals surface area (Å²) in [7, 11) is 0. The average molecular weight is 402 g/mol. The molecule has 113 valence electrons. The molecule has 1 atom stereocenters. The van der Waals surface area contributed by atoms with Crippen LogP contribution >= 0.6 is 0 Å². The monoisotopic (exact) mass is 399 g/mol. The average Bonchev–Trinajstić information content (AvgIpc) is 3.00. The molecule has 1 aromatic rings. The van der Waals surface area contributed by atoms with Gasteiger partial charge in [0, 0.05) is 0 Å². The maximum atomic E-state index is 2.35. The maximum absolute atomic E-state index is 2.35. The van der Waals surface area contributed by atoms with E-state index in [0.717, 1.165) is 5.92 Å². The van der Waals surface area contributed by atoms with E-state index in [9.17, 15) is 0 Å². The standard InChI is InChI=1S/C18H23.2ClH.Zr/c1-4-7-16-17-12(2)15(18(16)13(17)3)11-10-14-8-5-6-9-14;;;/h5-6,8,16H,4,7,9-11H2,1-3H3;2*1H;/q-1;;;+3/p-2. The van der Waals surface area contributed by atoms with Crippen LogP contribution in [-0.4, -0.2) is 0 Å². The van der Waals surface area contributed by atoms with Gasteiger partial charge in [-0.3, -0.25) is 0 Å². The molecular formula is C18H23Cl2Zr. The Balaban J connectivity index is 0.00000133. The molecule has 1 radical (unpaired) electrons. The molecule has 0 amide bonds. The molecule has 0 heterocycles. The Bertz CT molecular complexity index is 538. The molecular weight excluding hydrogens is 378 g/mol. The molecule has 0 fully saturated rings. The first kappa shape index (κ1) is 21.3. The summed E-state index contributed by atoms with van der Waals surface area (Å²) in [5.41, 5.74) is 9.94. The fourth-order valence-corrected chi connectivity index (χ4v) is 3.94. The molecule has 3 aliphatic rings. The van der Waals surface area contributed by atoms with E-state index in [2.05, 4.69) is 39.0 Å². The zero-order valence-electron chi connectivity index (χ0n) is 13.1. The number of aryl methyl sites for hydroxylation is 1. The van der Waals surface area contributed by atoms with Crippen LogP contribution in [0.2, 0.25) is 0 Å². The molecule has 0 saturated carbocycles. The summed E-state index contributed by atoms with van der Waals surface area (Å²) in [6, 6.07) is 0. The molecule has 4 rings (SSSR count). The molecule has 21 heavy (non-hydrogen) atoms. The molecule has 0 nitrogen and oxygen atoms in total. The minimum atomic E-state index is 0. The van der Waals surface area contributed by atoms with E-state index in [4.69, 9.17) is 0 Å². The molecule has 2 bridgehead atoms. The zero-order chi connectivity index (χ0) is 12.7. The van der Waals surface area contributed by atoms with Gasteiger partial charge < -0.3 is 24.8 Å². The Morgan fingerprint density at radius 1 is 1.24 bits per heavy atom. The maximum Gasteiger partial charge on any atom is 3.00 e. The van der Waals surface area contributed by atoms with E-state index in [1.807, 2.05) is 0 Å². The van der Waals surface area contributed by atoms with Gasteiger partial charge in [0.2, 0.25) is 0 Å². The van der Waals surface area contributed by atoms with Gasteiger partial charge in [-0.1, -0.05) is 63.3 Å². The summed E-state index contributed by atoms with van der Waals surface area (Å²) >= 11 is 0. The van der Waals surface area contributed by atoms with Crippen LogP contribution in [0.25, 0.3) is 0 Å². The zero-order valence-corrected chi connectivity index (χ0v) is 17.1. The van der Waals surface area contributed by atoms with E-state index >= 15 is 0 Å². The third-order valence-corrected chi connectivity index (χ3v) is 4.81. The van der Waals surface area contributed by atoms with Crippen LogP contribution in [0, 0.1) is 13.8 Å². The van der Waals surface area contributed by atoms with Crippen molar-refractivity contribution in [2.24, 2.45) is 0 Å². The van der Waals surface area contributed by atoms with Crippen LogP contribution in [0.3, 0.4) is 0 Å². The Kier molecular flexibility index (Phi) is 8.93. The SMILES string of the molecule is CCCC1c2c(C)c1[c-](C)c2CCC1=CC=CC1.[Cl-].[Cl-].[Zr+3]. The molecule has 3 heteroatoms. The predicted molar refractivity (Wildman–Crippen MR) is 78.4 cm³/mol. The minimum absolute atomic E-state index is 0. The second kappa shape index (κ2) is 8.80. The number of fused-ring (bicyclic) bond motifs is 1. The number of hydrogen-bond acceptors (Lipinski definition) is 0. The number of halogens is 2. The topological polar surface area (TPSA) is 0 Å². The summed E-state index contributed by atoms with van der Waals surface area (Å²) in [4.78, 5) is 0. The second-order valence-corrected chi connectivity index (χ2v) is 5.85. The van der Waals surface area contributed by atoms with Gasteiger partial charge in [-0.15, -0.1) is 0 Å². The summed E-state index contributed by atoms with van der Waals surface area (Å²) in [5.74, 6) is 0.806. The predicted octanol–water partition coefficient (Wildman–Crippen LogP) is -0.908. The smallest absolute Gasteiger partial charge is 1.00 e. The van der Waals surface area contributed by atoms with Gasteiger partial charge in [-0.2, -0.15) is 27.8 Å². The van der Waals surface area contributed by atoms with Gasteiger partial charge in [0.25, 0.3) is 0 Å². The van der Waals surface area contributed by atoms with Crippen molar-refractivity contribution in [2.45, 2.75) is 58.8 Å². The van der Waals surface area contributed by atoms with E-state index in [1.54, 1.807) is 33.4 Å². The Morgan fingerprint density at radius 3 is 2.52 bits per heavy atom. The van der Waals surface area contributed by atoms with Crippen LogP contribution in [0.4, 0.5) is 0 Å². The van der Waals surface area contributed by atoms with E-state index in [1.165, 1.54) is 32.1 Å². The van der Waals surface area contributed by atoms with Gasteiger partial charge in [0.1, 0.15) is 0 Å². The molecule has 0 spiro atoms. The number of allylic oxidation sites excluding steroid dienone is 4. The van der Waals surface area contributed by atoms with Gasteiger partial charge in [-0.25, -0.2) is 0 Å². The summed E-state index contributed by atoms with van der Waals surface area (Å²) in [5, 5.41) is 0. The Morgan fingerprint density at radius 2 is 1.95 bits per heavy atom. The second-order valence-electron chi connectivity index (χ2n) is 5.85. The minimum Gasteiger partial charge on any atom is -1.00 e. The van der Waals surface area contributed by atoms with Gasteiger partial charge in [0.05, 0.1) is 0 Å². The van der Waals surface area contributed by atoms with Crippen molar-refractivity contribution in [3.63, 3.8) is 0 Å². The van der Waals surface area contributed by atoms with Crippen molar-refractivity contribution in [3.05, 3.63) is 51.6 Å². The quantitative estimate of drug-likeness (QED) is 0.561. The third kappa shape index (κ3) is 3.62. The van der Waals surface area contributed by atoms with Crippen molar-refractivity contribution in [3.8, 4) is 0 Å². The number of hydrogen-bond donors (Lipinski definition) is 0. The van der Waals surface area contributed by atoms with E-state index in [0.29, 0.717) is 0 Å².